The van der Waals surface area contributed by atoms with Crippen molar-refractivity contribution in [3.8, 4) is 0 Å². The topological polar surface area (TPSA) is 84.7 Å². The number of nitrogens with zero attached hydrogens (tertiary/aromatic N) is 4. The number of morpholine rings is 1. The molecule has 0 unspecified atom stereocenters. The first-order valence-electron chi connectivity index (χ1n) is 6.82. The Labute approximate surface area is 123 Å². The van der Waals surface area contributed by atoms with E-state index in [1.54, 1.807) is 16.5 Å². The lowest BCUT2D eigenvalue weighted by Gasteiger charge is -2.35. The van der Waals surface area contributed by atoms with Crippen LogP contribution in [0.3, 0.4) is 0 Å². The molecule has 0 radical (unpaired) electrons. The third-order valence-electron chi connectivity index (χ3n) is 3.97. The summed E-state index contributed by atoms with van der Waals surface area (Å²) in [7, 11) is -1.92. The van der Waals surface area contributed by atoms with Gasteiger partial charge >= 0.3 is 0 Å². The maximum Gasteiger partial charge on any atom is 0.262 e. The minimum atomic E-state index is -3.64. The largest absolute Gasteiger partial charge is 0.365 e. The van der Waals surface area contributed by atoms with E-state index in [4.69, 9.17) is 4.74 Å². The molecule has 1 amide bonds. The second-order valence-corrected chi connectivity index (χ2v) is 7.18. The Hall–Kier alpha value is -1.45. The Balaban J connectivity index is 1.85. The maximum atomic E-state index is 12.6. The molecule has 3 rings (SSSR count). The average molecular weight is 314 g/mol. The van der Waals surface area contributed by atoms with Gasteiger partial charge in [-0.15, -0.1) is 0 Å². The fraction of sp³-hybridized carbons (Fsp3) is 0.667. The quantitative estimate of drug-likeness (QED) is 0.717. The number of aromatic nitrogens is 2. The molecule has 2 fully saturated rings. The predicted octanol–water partition coefficient (Wildman–Crippen LogP) is -0.960. The van der Waals surface area contributed by atoms with Crippen molar-refractivity contribution in [2.75, 3.05) is 26.2 Å². The molecular weight excluding hydrogens is 296 g/mol. The molecule has 3 heterocycles. The Morgan fingerprint density at radius 3 is 2.81 bits per heavy atom. The number of rotatable bonds is 3. The van der Waals surface area contributed by atoms with Crippen LogP contribution in [-0.4, -0.2) is 71.5 Å². The molecular formula is C12H18N4O4S. The normalized spacial score (nSPS) is 27.1. The number of likely N-dealkylation sites (N-methyl/N-ethyl adjacent to an activating group) is 1. The third-order valence-corrected chi connectivity index (χ3v) is 5.69. The highest BCUT2D eigenvalue weighted by Crippen LogP contribution is 2.27. The molecule has 2 saturated heterocycles. The highest BCUT2D eigenvalue weighted by Gasteiger charge is 2.46. The molecule has 1 aromatic rings. The standard InChI is InChI=1S/C12H18N4O4S/c1-3-16-9-4-15(5-10(9)20-7-12(16)17)21(18,19)11-6-14(2)8-13-11/h6,8-10H,3-5,7H2,1-2H3/t9-,10-/m0/s1. The summed E-state index contributed by atoms with van der Waals surface area (Å²) in [5, 5.41) is 0.0259. The molecule has 116 valence electrons. The fourth-order valence-electron chi connectivity index (χ4n) is 2.89. The predicted molar refractivity (Wildman–Crippen MR) is 72.9 cm³/mol. The van der Waals surface area contributed by atoms with Crippen molar-refractivity contribution < 1.29 is 17.9 Å². The monoisotopic (exact) mass is 314 g/mol. The molecule has 21 heavy (non-hydrogen) atoms. The maximum absolute atomic E-state index is 12.6. The summed E-state index contributed by atoms with van der Waals surface area (Å²) in [4.78, 5) is 17.4. The van der Waals surface area contributed by atoms with E-state index < -0.39 is 10.0 Å². The first-order valence-corrected chi connectivity index (χ1v) is 8.26. The van der Waals surface area contributed by atoms with E-state index in [-0.39, 0.29) is 42.8 Å². The molecule has 0 aliphatic carbocycles. The van der Waals surface area contributed by atoms with E-state index in [1.807, 2.05) is 6.92 Å². The molecule has 2 aliphatic heterocycles. The lowest BCUT2D eigenvalue weighted by molar-refractivity contribution is -0.152. The van der Waals surface area contributed by atoms with Crippen LogP contribution in [0.15, 0.2) is 17.6 Å². The Kier molecular flexibility index (Phi) is 3.50. The van der Waals surface area contributed by atoms with E-state index in [1.165, 1.54) is 16.8 Å². The van der Waals surface area contributed by atoms with Crippen LogP contribution in [0, 0.1) is 0 Å². The number of sulfonamides is 1. The highest BCUT2D eigenvalue weighted by molar-refractivity contribution is 7.89. The van der Waals surface area contributed by atoms with E-state index >= 15 is 0 Å². The molecule has 0 bridgehead atoms. The minimum Gasteiger partial charge on any atom is -0.365 e. The number of imidazole rings is 1. The van der Waals surface area contributed by atoms with Crippen LogP contribution < -0.4 is 0 Å². The van der Waals surface area contributed by atoms with Crippen molar-refractivity contribution in [3.05, 3.63) is 12.5 Å². The molecule has 8 nitrogen and oxygen atoms in total. The van der Waals surface area contributed by atoms with Gasteiger partial charge in [-0.3, -0.25) is 4.79 Å². The first kappa shape index (κ1) is 14.5. The zero-order valence-electron chi connectivity index (χ0n) is 12.0. The van der Waals surface area contributed by atoms with Gasteiger partial charge in [-0.05, 0) is 6.92 Å². The van der Waals surface area contributed by atoms with E-state index in [2.05, 4.69) is 4.98 Å². The number of hydrogen-bond donors (Lipinski definition) is 0. The van der Waals surface area contributed by atoms with Crippen LogP contribution in [-0.2, 0) is 26.6 Å². The smallest absolute Gasteiger partial charge is 0.262 e. The molecule has 2 atom stereocenters. The molecule has 2 aliphatic rings. The van der Waals surface area contributed by atoms with Gasteiger partial charge in [-0.1, -0.05) is 0 Å². The van der Waals surface area contributed by atoms with Gasteiger partial charge in [-0.25, -0.2) is 13.4 Å². The average Bonchev–Trinajstić information content (AvgIpc) is 3.05. The summed E-state index contributed by atoms with van der Waals surface area (Å²) in [5.74, 6) is -0.0872. The van der Waals surface area contributed by atoms with Gasteiger partial charge in [0, 0.05) is 32.9 Å². The van der Waals surface area contributed by atoms with Crippen LogP contribution in [0.5, 0.6) is 0 Å². The number of amides is 1. The zero-order chi connectivity index (χ0) is 15.2. The van der Waals surface area contributed by atoms with Gasteiger partial charge in [0.25, 0.3) is 10.0 Å². The van der Waals surface area contributed by atoms with E-state index in [0.29, 0.717) is 6.54 Å². The van der Waals surface area contributed by atoms with Crippen molar-refractivity contribution >= 4 is 15.9 Å². The molecule has 1 aromatic heterocycles. The summed E-state index contributed by atoms with van der Waals surface area (Å²) >= 11 is 0. The van der Waals surface area contributed by atoms with Gasteiger partial charge in [0.2, 0.25) is 5.91 Å². The van der Waals surface area contributed by atoms with Gasteiger partial charge < -0.3 is 14.2 Å². The van der Waals surface area contributed by atoms with Crippen molar-refractivity contribution in [2.45, 2.75) is 24.1 Å². The van der Waals surface area contributed by atoms with E-state index in [9.17, 15) is 13.2 Å². The Bertz CT molecular complexity index is 656. The molecule has 0 saturated carbocycles. The van der Waals surface area contributed by atoms with Crippen molar-refractivity contribution in [1.82, 2.24) is 18.8 Å². The minimum absolute atomic E-state index is 0.0203. The van der Waals surface area contributed by atoms with Crippen molar-refractivity contribution in [2.24, 2.45) is 7.05 Å². The summed E-state index contributed by atoms with van der Waals surface area (Å²) in [5.41, 5.74) is 0. The second kappa shape index (κ2) is 5.08. The van der Waals surface area contributed by atoms with Gasteiger partial charge in [0.05, 0.1) is 18.5 Å². The lowest BCUT2D eigenvalue weighted by Crippen LogP contribution is -2.53. The van der Waals surface area contributed by atoms with Crippen molar-refractivity contribution in [3.63, 3.8) is 0 Å². The number of hydrogen-bond acceptors (Lipinski definition) is 5. The third kappa shape index (κ3) is 2.34. The highest BCUT2D eigenvalue weighted by atomic mass is 32.2. The number of carbonyl (C=O) groups excluding carboxylic acids is 1. The van der Waals surface area contributed by atoms with Crippen LogP contribution in [0.4, 0.5) is 0 Å². The van der Waals surface area contributed by atoms with Crippen molar-refractivity contribution in [1.29, 1.82) is 0 Å². The summed E-state index contributed by atoms with van der Waals surface area (Å²) in [6, 6.07) is -0.213. The SMILES string of the molecule is CCN1C(=O)CO[C@H]2CN(S(=O)(=O)c3cn(C)cn3)C[C@@H]21. The molecule has 0 spiro atoms. The summed E-state index contributed by atoms with van der Waals surface area (Å²) in [6.45, 7) is 2.97. The number of ether oxygens (including phenoxy) is 1. The summed E-state index contributed by atoms with van der Waals surface area (Å²) in [6.07, 6.45) is 2.66. The zero-order valence-corrected chi connectivity index (χ0v) is 12.8. The summed E-state index contributed by atoms with van der Waals surface area (Å²) < 4.78 is 33.6. The molecule has 0 N–H and O–H groups in total. The lowest BCUT2D eigenvalue weighted by atomic mass is 10.1. The van der Waals surface area contributed by atoms with Gasteiger partial charge in [0.1, 0.15) is 6.61 Å². The fourth-order valence-corrected chi connectivity index (χ4v) is 4.33. The number of carbonyl (C=O) groups is 1. The van der Waals surface area contributed by atoms with Gasteiger partial charge in [-0.2, -0.15) is 4.31 Å². The number of aryl methyl sites for hydroxylation is 1. The number of fused-ring (bicyclic) bond motifs is 1. The second-order valence-electron chi connectivity index (χ2n) is 5.30. The first-order chi connectivity index (χ1) is 9.93. The van der Waals surface area contributed by atoms with Crippen LogP contribution in [0.1, 0.15) is 6.92 Å². The molecule has 9 heteroatoms. The molecule has 0 aromatic carbocycles. The van der Waals surface area contributed by atoms with Gasteiger partial charge in [0.15, 0.2) is 5.03 Å². The van der Waals surface area contributed by atoms with E-state index in [0.717, 1.165) is 0 Å². The van der Waals surface area contributed by atoms with Crippen LogP contribution in [0.2, 0.25) is 0 Å². The van der Waals surface area contributed by atoms with Crippen LogP contribution in [0.25, 0.3) is 0 Å². The Morgan fingerprint density at radius 1 is 1.43 bits per heavy atom. The Morgan fingerprint density at radius 2 is 2.19 bits per heavy atom. The van der Waals surface area contributed by atoms with Crippen LogP contribution >= 0.6 is 0 Å².